The van der Waals surface area contributed by atoms with E-state index in [4.69, 9.17) is 4.74 Å². The van der Waals surface area contributed by atoms with Crippen molar-refractivity contribution in [3.05, 3.63) is 29.8 Å². The van der Waals surface area contributed by atoms with E-state index in [0.717, 1.165) is 18.6 Å². The van der Waals surface area contributed by atoms with E-state index in [0.29, 0.717) is 5.75 Å². The summed E-state index contributed by atoms with van der Waals surface area (Å²) in [6.45, 7) is 4.97. The Kier molecular flexibility index (Phi) is 7.51. The predicted molar refractivity (Wildman–Crippen MR) is 75.8 cm³/mol. The molecule has 0 aliphatic heterocycles. The number of hydrogen-bond acceptors (Lipinski definition) is 2. The fourth-order valence-electron chi connectivity index (χ4n) is 2.21. The van der Waals surface area contributed by atoms with Crippen molar-refractivity contribution in [3.8, 4) is 5.75 Å². The molecule has 2 heteroatoms. The summed E-state index contributed by atoms with van der Waals surface area (Å²) >= 11 is 0. The van der Waals surface area contributed by atoms with Gasteiger partial charge in [0.05, 0.1) is 6.10 Å². The highest BCUT2D eigenvalue weighted by molar-refractivity contribution is 5.28. The molecule has 0 aliphatic carbocycles. The van der Waals surface area contributed by atoms with Gasteiger partial charge in [-0.1, -0.05) is 51.2 Å². The van der Waals surface area contributed by atoms with E-state index in [-0.39, 0.29) is 6.10 Å². The van der Waals surface area contributed by atoms with Crippen molar-refractivity contribution in [1.82, 2.24) is 0 Å². The number of hydrogen-bond donors (Lipinski definition) is 1. The zero-order chi connectivity index (χ0) is 13.2. The smallest absolute Gasteiger partial charge is 0.115 e. The molecule has 102 valence electrons. The number of rotatable bonds is 9. The fourth-order valence-corrected chi connectivity index (χ4v) is 2.21. The van der Waals surface area contributed by atoms with Crippen LogP contribution in [0.15, 0.2) is 24.3 Å². The van der Waals surface area contributed by atoms with E-state index in [9.17, 15) is 5.11 Å². The minimum Gasteiger partial charge on any atom is -0.508 e. The number of aromatic hydroxyl groups is 1. The topological polar surface area (TPSA) is 29.5 Å². The van der Waals surface area contributed by atoms with Crippen LogP contribution in [0, 0.1) is 0 Å². The molecule has 0 aliphatic rings. The second-order valence-corrected chi connectivity index (χ2v) is 4.74. The molecule has 1 unspecified atom stereocenters. The van der Waals surface area contributed by atoms with Gasteiger partial charge >= 0.3 is 0 Å². The summed E-state index contributed by atoms with van der Waals surface area (Å²) in [4.78, 5) is 0. The molecule has 0 fully saturated rings. The first-order valence-electron chi connectivity index (χ1n) is 7.18. The van der Waals surface area contributed by atoms with E-state index < -0.39 is 0 Å². The maximum atomic E-state index is 9.52. The summed E-state index contributed by atoms with van der Waals surface area (Å²) in [5, 5.41) is 9.52. The molecule has 1 aromatic rings. The van der Waals surface area contributed by atoms with Crippen LogP contribution in [0.5, 0.6) is 5.75 Å². The minimum absolute atomic E-state index is 0.128. The molecule has 2 nitrogen and oxygen atoms in total. The van der Waals surface area contributed by atoms with Gasteiger partial charge in [-0.15, -0.1) is 0 Å². The maximum Gasteiger partial charge on any atom is 0.115 e. The van der Waals surface area contributed by atoms with Crippen molar-refractivity contribution in [2.24, 2.45) is 0 Å². The van der Waals surface area contributed by atoms with E-state index >= 15 is 0 Å². The Bertz CT molecular complexity index is 323. The Morgan fingerprint density at radius 2 is 1.89 bits per heavy atom. The number of ether oxygens (including phenoxy) is 1. The molecule has 0 saturated carbocycles. The van der Waals surface area contributed by atoms with Gasteiger partial charge in [0, 0.05) is 6.61 Å². The molecule has 1 rings (SSSR count). The molecule has 0 spiro atoms. The maximum absolute atomic E-state index is 9.52. The molecule has 0 saturated heterocycles. The van der Waals surface area contributed by atoms with Gasteiger partial charge in [0.2, 0.25) is 0 Å². The van der Waals surface area contributed by atoms with Crippen LogP contribution in [0.25, 0.3) is 0 Å². The molecule has 1 atom stereocenters. The third-order valence-corrected chi connectivity index (χ3v) is 3.18. The highest BCUT2D eigenvalue weighted by atomic mass is 16.5. The van der Waals surface area contributed by atoms with Crippen LogP contribution < -0.4 is 0 Å². The normalized spacial score (nSPS) is 12.6. The van der Waals surface area contributed by atoms with Crippen LogP contribution >= 0.6 is 0 Å². The summed E-state index contributed by atoms with van der Waals surface area (Å²) in [5.41, 5.74) is 1.09. The van der Waals surface area contributed by atoms with Crippen LogP contribution in [-0.2, 0) is 4.74 Å². The second-order valence-electron chi connectivity index (χ2n) is 4.74. The first-order valence-corrected chi connectivity index (χ1v) is 7.18. The van der Waals surface area contributed by atoms with Crippen molar-refractivity contribution >= 4 is 0 Å². The van der Waals surface area contributed by atoms with Gasteiger partial charge in [-0.25, -0.2) is 0 Å². The molecule has 0 aromatic heterocycles. The van der Waals surface area contributed by atoms with Gasteiger partial charge in [0.1, 0.15) is 5.75 Å². The molecular formula is C16H26O2. The Labute approximate surface area is 111 Å². The molecule has 1 aromatic carbocycles. The summed E-state index contributed by atoms with van der Waals surface area (Å²) in [7, 11) is 0. The van der Waals surface area contributed by atoms with Crippen LogP contribution in [0.1, 0.15) is 64.0 Å². The first kappa shape index (κ1) is 15.0. The average Bonchev–Trinajstić information content (AvgIpc) is 2.37. The largest absolute Gasteiger partial charge is 0.508 e. The highest BCUT2D eigenvalue weighted by Gasteiger charge is 2.11. The standard InChI is InChI=1S/C16H26O2/c1-3-5-6-7-8-12-16(18-4-2)14-10-9-11-15(17)13-14/h9-11,13,16-17H,3-8,12H2,1-2H3. The monoisotopic (exact) mass is 250 g/mol. The Hall–Kier alpha value is -1.02. The molecule has 18 heavy (non-hydrogen) atoms. The van der Waals surface area contributed by atoms with Gasteiger partial charge in [0.25, 0.3) is 0 Å². The van der Waals surface area contributed by atoms with E-state index in [1.165, 1.54) is 32.1 Å². The third kappa shape index (κ3) is 5.54. The van der Waals surface area contributed by atoms with Crippen LogP contribution in [0.2, 0.25) is 0 Å². The molecule has 0 heterocycles. The first-order chi connectivity index (χ1) is 8.77. The molecule has 0 bridgehead atoms. The van der Waals surface area contributed by atoms with Crippen molar-refractivity contribution in [2.45, 2.75) is 58.5 Å². The lowest BCUT2D eigenvalue weighted by Gasteiger charge is -2.17. The lowest BCUT2D eigenvalue weighted by molar-refractivity contribution is 0.0541. The number of phenols is 1. The second kappa shape index (κ2) is 8.98. The Balaban J connectivity index is 2.44. The van der Waals surface area contributed by atoms with Crippen molar-refractivity contribution < 1.29 is 9.84 Å². The molecule has 1 N–H and O–H groups in total. The van der Waals surface area contributed by atoms with Gasteiger partial charge in [-0.05, 0) is 31.0 Å². The van der Waals surface area contributed by atoms with Crippen molar-refractivity contribution in [2.75, 3.05) is 6.61 Å². The average molecular weight is 250 g/mol. The van der Waals surface area contributed by atoms with Crippen molar-refractivity contribution in [3.63, 3.8) is 0 Å². The number of phenolic OH excluding ortho intramolecular Hbond substituents is 1. The summed E-state index contributed by atoms with van der Waals surface area (Å²) < 4.78 is 5.78. The Morgan fingerprint density at radius 3 is 2.56 bits per heavy atom. The number of unbranched alkanes of at least 4 members (excludes halogenated alkanes) is 4. The molecular weight excluding hydrogens is 224 g/mol. The predicted octanol–water partition coefficient (Wildman–Crippen LogP) is 4.83. The number of benzene rings is 1. The minimum atomic E-state index is 0.128. The highest BCUT2D eigenvalue weighted by Crippen LogP contribution is 2.26. The summed E-state index contributed by atoms with van der Waals surface area (Å²) in [6.07, 6.45) is 7.56. The van der Waals surface area contributed by atoms with Crippen molar-refractivity contribution in [1.29, 1.82) is 0 Å². The van der Waals surface area contributed by atoms with Gasteiger partial charge < -0.3 is 9.84 Å². The quantitative estimate of drug-likeness (QED) is 0.636. The van der Waals surface area contributed by atoms with E-state index in [2.05, 4.69) is 6.92 Å². The third-order valence-electron chi connectivity index (χ3n) is 3.18. The van der Waals surface area contributed by atoms with Gasteiger partial charge in [-0.2, -0.15) is 0 Å². The zero-order valence-electron chi connectivity index (χ0n) is 11.7. The van der Waals surface area contributed by atoms with Crippen LogP contribution in [0.4, 0.5) is 0 Å². The van der Waals surface area contributed by atoms with E-state index in [1.807, 2.05) is 25.1 Å². The van der Waals surface area contributed by atoms with Crippen LogP contribution in [-0.4, -0.2) is 11.7 Å². The molecule has 0 amide bonds. The van der Waals surface area contributed by atoms with Gasteiger partial charge in [-0.3, -0.25) is 0 Å². The summed E-state index contributed by atoms with van der Waals surface area (Å²) in [6, 6.07) is 7.43. The zero-order valence-corrected chi connectivity index (χ0v) is 11.7. The Morgan fingerprint density at radius 1 is 1.11 bits per heavy atom. The lowest BCUT2D eigenvalue weighted by Crippen LogP contribution is -2.04. The fraction of sp³-hybridized carbons (Fsp3) is 0.625. The van der Waals surface area contributed by atoms with Gasteiger partial charge in [0.15, 0.2) is 0 Å². The summed E-state index contributed by atoms with van der Waals surface area (Å²) in [5.74, 6) is 0.322. The molecule has 0 radical (unpaired) electrons. The SMILES string of the molecule is CCCCCCCC(OCC)c1cccc(O)c1. The van der Waals surface area contributed by atoms with Crippen LogP contribution in [0.3, 0.4) is 0 Å². The lowest BCUT2D eigenvalue weighted by atomic mass is 10.0. The van der Waals surface area contributed by atoms with E-state index in [1.54, 1.807) is 6.07 Å².